The predicted molar refractivity (Wildman–Crippen MR) is 74.5 cm³/mol. The summed E-state index contributed by atoms with van der Waals surface area (Å²) in [6.45, 7) is 0. The molecule has 104 valence electrons. The first-order valence-electron chi connectivity index (χ1n) is 5.95. The summed E-state index contributed by atoms with van der Waals surface area (Å²) in [5.74, 6) is 0.0844. The number of carbonyl (C=O) groups excluding carboxylic acids is 1. The van der Waals surface area contributed by atoms with E-state index in [0.717, 1.165) is 5.56 Å². The number of nitrogens with two attached hydrogens (primary N) is 1. The van der Waals surface area contributed by atoms with Gasteiger partial charge in [-0.15, -0.1) is 0 Å². The molecule has 2 aromatic rings. The normalized spacial score (nSPS) is 11.3. The van der Waals surface area contributed by atoms with Crippen LogP contribution in [0.15, 0.2) is 41.7 Å². The number of benzene rings is 1. The minimum absolute atomic E-state index is 0.104. The first-order chi connectivity index (χ1) is 9.61. The van der Waals surface area contributed by atoms with Crippen molar-refractivity contribution in [1.29, 1.82) is 0 Å². The van der Waals surface area contributed by atoms with Crippen molar-refractivity contribution < 1.29 is 10.0 Å². The highest BCUT2D eigenvalue weighted by atomic mass is 16.4. The van der Waals surface area contributed by atoms with E-state index in [1.165, 1.54) is 10.9 Å². The van der Waals surface area contributed by atoms with E-state index in [1.807, 2.05) is 30.3 Å². The van der Waals surface area contributed by atoms with E-state index in [9.17, 15) is 4.79 Å². The van der Waals surface area contributed by atoms with Gasteiger partial charge in [-0.2, -0.15) is 5.10 Å². The molecular weight excluding hydrogens is 258 g/mol. The number of carbonyl (C=O) groups is 1. The van der Waals surface area contributed by atoms with Crippen LogP contribution in [-0.2, 0) is 18.3 Å². The number of anilines is 1. The van der Waals surface area contributed by atoms with Crippen molar-refractivity contribution in [1.82, 2.24) is 9.78 Å². The van der Waals surface area contributed by atoms with Gasteiger partial charge in [-0.25, -0.2) is 0 Å². The van der Waals surface area contributed by atoms with Crippen molar-refractivity contribution in [2.45, 2.75) is 6.42 Å². The minimum atomic E-state index is -0.202. The van der Waals surface area contributed by atoms with Gasteiger partial charge in [0.1, 0.15) is 5.82 Å². The zero-order valence-corrected chi connectivity index (χ0v) is 10.9. The summed E-state index contributed by atoms with van der Waals surface area (Å²) >= 11 is 0. The average Bonchev–Trinajstić information content (AvgIpc) is 2.80. The van der Waals surface area contributed by atoms with Crippen LogP contribution in [0.5, 0.6) is 0 Å². The van der Waals surface area contributed by atoms with E-state index in [4.69, 9.17) is 10.9 Å². The van der Waals surface area contributed by atoms with E-state index in [0.29, 0.717) is 11.4 Å². The lowest BCUT2D eigenvalue weighted by Crippen LogP contribution is -2.21. The summed E-state index contributed by atoms with van der Waals surface area (Å²) in [4.78, 5) is 12.0. The van der Waals surface area contributed by atoms with Crippen LogP contribution >= 0.6 is 0 Å². The second-order valence-corrected chi connectivity index (χ2v) is 4.23. The topological polar surface area (TPSA) is 106 Å². The van der Waals surface area contributed by atoms with Gasteiger partial charge in [-0.1, -0.05) is 35.5 Å². The van der Waals surface area contributed by atoms with Gasteiger partial charge in [0.2, 0.25) is 5.91 Å². The van der Waals surface area contributed by atoms with Crippen LogP contribution in [0.25, 0.3) is 0 Å². The SMILES string of the molecule is Cn1ncc(C(N)=NO)c1NC(=O)Cc1ccccc1. The molecule has 0 saturated heterocycles. The molecule has 1 aromatic heterocycles. The summed E-state index contributed by atoms with van der Waals surface area (Å²) < 4.78 is 1.45. The van der Waals surface area contributed by atoms with Crippen molar-refractivity contribution in [2.24, 2.45) is 17.9 Å². The maximum atomic E-state index is 12.0. The molecule has 20 heavy (non-hydrogen) atoms. The quantitative estimate of drug-likeness (QED) is 0.330. The van der Waals surface area contributed by atoms with Crippen molar-refractivity contribution >= 4 is 17.6 Å². The molecule has 1 heterocycles. The second-order valence-electron chi connectivity index (χ2n) is 4.23. The number of rotatable bonds is 4. The molecule has 0 atom stereocenters. The van der Waals surface area contributed by atoms with Crippen LogP contribution < -0.4 is 11.1 Å². The third kappa shape index (κ3) is 2.94. The van der Waals surface area contributed by atoms with Gasteiger partial charge in [0.25, 0.3) is 0 Å². The van der Waals surface area contributed by atoms with Gasteiger partial charge in [-0.05, 0) is 5.56 Å². The Labute approximate surface area is 115 Å². The van der Waals surface area contributed by atoms with Crippen LogP contribution in [0.3, 0.4) is 0 Å². The average molecular weight is 273 g/mol. The molecule has 2 rings (SSSR count). The number of amides is 1. The van der Waals surface area contributed by atoms with E-state index >= 15 is 0 Å². The van der Waals surface area contributed by atoms with E-state index in [-0.39, 0.29) is 18.2 Å². The van der Waals surface area contributed by atoms with Crippen LogP contribution in [-0.4, -0.2) is 26.7 Å². The Morgan fingerprint density at radius 2 is 2.15 bits per heavy atom. The summed E-state index contributed by atoms with van der Waals surface area (Å²) in [5.41, 5.74) is 6.80. The number of hydrogen-bond donors (Lipinski definition) is 3. The Bertz CT molecular complexity index is 633. The third-order valence-electron chi connectivity index (χ3n) is 2.79. The number of nitrogens with one attached hydrogen (secondary N) is 1. The Morgan fingerprint density at radius 3 is 2.80 bits per heavy atom. The summed E-state index contributed by atoms with van der Waals surface area (Å²) in [7, 11) is 1.66. The Hall–Kier alpha value is -2.83. The van der Waals surface area contributed by atoms with E-state index < -0.39 is 0 Å². The Morgan fingerprint density at radius 1 is 1.45 bits per heavy atom. The highest BCUT2D eigenvalue weighted by Gasteiger charge is 2.15. The number of aromatic nitrogens is 2. The molecule has 7 nitrogen and oxygen atoms in total. The van der Waals surface area contributed by atoms with Gasteiger partial charge in [0, 0.05) is 7.05 Å². The zero-order valence-electron chi connectivity index (χ0n) is 10.9. The maximum absolute atomic E-state index is 12.0. The van der Waals surface area contributed by atoms with Gasteiger partial charge in [0.15, 0.2) is 5.84 Å². The number of oxime groups is 1. The second kappa shape index (κ2) is 5.87. The highest BCUT2D eigenvalue weighted by molar-refractivity contribution is 6.04. The Balaban J connectivity index is 2.14. The molecule has 4 N–H and O–H groups in total. The number of nitrogens with zero attached hydrogens (tertiary/aromatic N) is 3. The van der Waals surface area contributed by atoms with Crippen molar-refractivity contribution in [3.8, 4) is 0 Å². The lowest BCUT2D eigenvalue weighted by Gasteiger charge is -2.08. The molecule has 0 bridgehead atoms. The summed E-state index contributed by atoms with van der Waals surface area (Å²) in [5, 5.41) is 18.3. The van der Waals surface area contributed by atoms with Gasteiger partial charge < -0.3 is 16.3 Å². The van der Waals surface area contributed by atoms with Crippen LogP contribution in [0, 0.1) is 0 Å². The van der Waals surface area contributed by atoms with Crippen molar-refractivity contribution in [2.75, 3.05) is 5.32 Å². The largest absolute Gasteiger partial charge is 0.409 e. The molecule has 0 aliphatic rings. The molecule has 0 aliphatic carbocycles. The smallest absolute Gasteiger partial charge is 0.229 e. The predicted octanol–water partition coefficient (Wildman–Crippen LogP) is 0.696. The highest BCUT2D eigenvalue weighted by Crippen LogP contribution is 2.14. The molecule has 1 amide bonds. The Kier molecular flexibility index (Phi) is 3.99. The van der Waals surface area contributed by atoms with E-state index in [1.54, 1.807) is 7.05 Å². The lowest BCUT2D eigenvalue weighted by molar-refractivity contribution is -0.115. The summed E-state index contributed by atoms with van der Waals surface area (Å²) in [6, 6.07) is 9.36. The summed E-state index contributed by atoms with van der Waals surface area (Å²) in [6.07, 6.45) is 1.66. The van der Waals surface area contributed by atoms with E-state index in [2.05, 4.69) is 15.6 Å². The molecule has 0 spiro atoms. The van der Waals surface area contributed by atoms with Crippen LogP contribution in [0.1, 0.15) is 11.1 Å². The molecule has 0 unspecified atom stereocenters. The molecule has 0 radical (unpaired) electrons. The van der Waals surface area contributed by atoms with Gasteiger partial charge in [0.05, 0.1) is 18.2 Å². The van der Waals surface area contributed by atoms with Gasteiger partial charge in [-0.3, -0.25) is 9.48 Å². The van der Waals surface area contributed by atoms with Gasteiger partial charge >= 0.3 is 0 Å². The number of amidine groups is 1. The fourth-order valence-electron chi connectivity index (χ4n) is 1.78. The standard InChI is InChI=1S/C13H15N5O2/c1-18-13(10(8-15-18)12(14)17-20)16-11(19)7-9-5-3-2-4-6-9/h2-6,8,20H,7H2,1H3,(H2,14,17)(H,16,19). The molecule has 1 aromatic carbocycles. The van der Waals surface area contributed by atoms with Crippen molar-refractivity contribution in [3.05, 3.63) is 47.7 Å². The fourth-order valence-corrected chi connectivity index (χ4v) is 1.78. The van der Waals surface area contributed by atoms with Crippen LogP contribution in [0.2, 0.25) is 0 Å². The fraction of sp³-hybridized carbons (Fsp3) is 0.154. The number of aryl methyl sites for hydroxylation is 1. The minimum Gasteiger partial charge on any atom is -0.409 e. The molecule has 0 saturated carbocycles. The molecule has 0 aliphatic heterocycles. The maximum Gasteiger partial charge on any atom is 0.229 e. The molecular formula is C13H15N5O2. The lowest BCUT2D eigenvalue weighted by atomic mass is 10.1. The third-order valence-corrected chi connectivity index (χ3v) is 2.79. The monoisotopic (exact) mass is 273 g/mol. The first kappa shape index (κ1) is 13.6. The van der Waals surface area contributed by atoms with Crippen molar-refractivity contribution in [3.63, 3.8) is 0 Å². The molecule has 0 fully saturated rings. The first-order valence-corrected chi connectivity index (χ1v) is 5.95. The zero-order chi connectivity index (χ0) is 14.5. The van der Waals surface area contributed by atoms with Crippen LogP contribution in [0.4, 0.5) is 5.82 Å². The molecule has 7 heteroatoms. The number of hydrogen-bond acceptors (Lipinski definition) is 4.